The largest absolute Gasteiger partial charge is 0.334 e. The SMILES string of the molecule is CC1CCN(C(=O)c2ccc(F)c(NS(C)(=O)=O)c2)C(CN)C1. The second-order valence-electron chi connectivity index (χ2n) is 6.09. The molecule has 1 fully saturated rings. The van der Waals surface area contributed by atoms with Gasteiger partial charge in [-0.15, -0.1) is 0 Å². The number of carbonyl (C=O) groups is 1. The number of halogens is 1. The van der Waals surface area contributed by atoms with Crippen molar-refractivity contribution in [2.24, 2.45) is 11.7 Å². The Balaban J connectivity index is 2.27. The minimum atomic E-state index is -3.62. The lowest BCUT2D eigenvalue weighted by molar-refractivity contribution is 0.0573. The van der Waals surface area contributed by atoms with E-state index in [2.05, 4.69) is 11.6 Å². The van der Waals surface area contributed by atoms with Crippen molar-refractivity contribution in [2.75, 3.05) is 24.1 Å². The van der Waals surface area contributed by atoms with E-state index in [-0.39, 0.29) is 23.2 Å². The molecule has 6 nitrogen and oxygen atoms in total. The summed E-state index contributed by atoms with van der Waals surface area (Å²) in [4.78, 5) is 14.4. The van der Waals surface area contributed by atoms with Gasteiger partial charge in [0.15, 0.2) is 0 Å². The van der Waals surface area contributed by atoms with Crippen molar-refractivity contribution in [3.8, 4) is 0 Å². The van der Waals surface area contributed by atoms with Gasteiger partial charge < -0.3 is 10.6 Å². The summed E-state index contributed by atoms with van der Waals surface area (Å²) in [5, 5.41) is 0. The van der Waals surface area contributed by atoms with E-state index < -0.39 is 15.8 Å². The molecule has 2 atom stereocenters. The number of anilines is 1. The van der Waals surface area contributed by atoms with Crippen LogP contribution in [0.2, 0.25) is 0 Å². The van der Waals surface area contributed by atoms with Gasteiger partial charge in [-0.25, -0.2) is 12.8 Å². The highest BCUT2D eigenvalue weighted by atomic mass is 32.2. The van der Waals surface area contributed by atoms with Gasteiger partial charge >= 0.3 is 0 Å². The smallest absolute Gasteiger partial charge is 0.254 e. The number of hydrogen-bond acceptors (Lipinski definition) is 4. The predicted molar refractivity (Wildman–Crippen MR) is 87.1 cm³/mol. The first-order valence-corrected chi connectivity index (χ1v) is 9.38. The molecule has 0 aromatic heterocycles. The van der Waals surface area contributed by atoms with E-state index in [1.807, 2.05) is 0 Å². The van der Waals surface area contributed by atoms with Crippen LogP contribution in [0, 0.1) is 11.7 Å². The monoisotopic (exact) mass is 343 g/mol. The van der Waals surface area contributed by atoms with Crippen LogP contribution in [0.15, 0.2) is 18.2 Å². The van der Waals surface area contributed by atoms with Crippen LogP contribution in [-0.4, -0.2) is 44.6 Å². The zero-order valence-electron chi connectivity index (χ0n) is 13.3. The van der Waals surface area contributed by atoms with Gasteiger partial charge in [0, 0.05) is 24.7 Å². The Bertz CT molecular complexity index is 693. The third-order valence-corrected chi connectivity index (χ3v) is 4.61. The summed E-state index contributed by atoms with van der Waals surface area (Å²) in [7, 11) is -3.62. The molecule has 1 aromatic carbocycles. The third-order valence-electron chi connectivity index (χ3n) is 4.02. The van der Waals surface area contributed by atoms with Gasteiger partial charge in [-0.3, -0.25) is 9.52 Å². The average Bonchev–Trinajstić information content (AvgIpc) is 2.47. The van der Waals surface area contributed by atoms with Gasteiger partial charge in [0.25, 0.3) is 5.91 Å². The molecule has 3 N–H and O–H groups in total. The number of nitrogens with one attached hydrogen (secondary N) is 1. The van der Waals surface area contributed by atoms with E-state index in [0.29, 0.717) is 19.0 Å². The fourth-order valence-corrected chi connectivity index (χ4v) is 3.40. The summed E-state index contributed by atoms with van der Waals surface area (Å²) in [6.45, 7) is 3.08. The number of nitrogens with two attached hydrogens (primary N) is 1. The molecule has 23 heavy (non-hydrogen) atoms. The lowest BCUT2D eigenvalue weighted by Gasteiger charge is -2.38. The summed E-state index contributed by atoms with van der Waals surface area (Å²) >= 11 is 0. The number of likely N-dealkylation sites (tertiary alicyclic amines) is 1. The maximum Gasteiger partial charge on any atom is 0.254 e. The Morgan fingerprint density at radius 3 is 2.78 bits per heavy atom. The summed E-state index contributed by atoms with van der Waals surface area (Å²) in [5.74, 6) is -0.484. The lowest BCUT2D eigenvalue weighted by atomic mass is 9.92. The molecule has 1 amide bonds. The molecule has 1 aromatic rings. The van der Waals surface area contributed by atoms with Gasteiger partial charge in [-0.05, 0) is 37.0 Å². The molecule has 2 unspecified atom stereocenters. The molecule has 1 heterocycles. The van der Waals surface area contributed by atoms with Crippen LogP contribution in [0.25, 0.3) is 0 Å². The summed E-state index contributed by atoms with van der Waals surface area (Å²) in [5.41, 5.74) is 5.78. The number of sulfonamides is 1. The molecule has 128 valence electrons. The number of amides is 1. The van der Waals surface area contributed by atoms with Gasteiger partial charge in [0.1, 0.15) is 5.82 Å². The fraction of sp³-hybridized carbons (Fsp3) is 0.533. The maximum atomic E-state index is 13.7. The lowest BCUT2D eigenvalue weighted by Crippen LogP contribution is -2.49. The highest BCUT2D eigenvalue weighted by Gasteiger charge is 2.29. The Morgan fingerprint density at radius 1 is 1.48 bits per heavy atom. The molecule has 8 heteroatoms. The van der Waals surface area contributed by atoms with Crippen molar-refractivity contribution in [2.45, 2.75) is 25.8 Å². The minimum Gasteiger partial charge on any atom is -0.334 e. The predicted octanol–water partition coefficient (Wildman–Crippen LogP) is 1.40. The van der Waals surface area contributed by atoms with Crippen molar-refractivity contribution < 1.29 is 17.6 Å². The van der Waals surface area contributed by atoms with Crippen molar-refractivity contribution >= 4 is 21.6 Å². The quantitative estimate of drug-likeness (QED) is 0.864. The highest BCUT2D eigenvalue weighted by Crippen LogP contribution is 2.25. The fourth-order valence-electron chi connectivity index (χ4n) is 2.84. The highest BCUT2D eigenvalue weighted by molar-refractivity contribution is 7.92. The first-order valence-electron chi connectivity index (χ1n) is 7.49. The number of rotatable bonds is 4. The molecule has 1 aliphatic heterocycles. The van der Waals surface area contributed by atoms with Crippen LogP contribution in [0.3, 0.4) is 0 Å². The van der Waals surface area contributed by atoms with E-state index in [4.69, 9.17) is 5.73 Å². The third kappa shape index (κ3) is 4.42. The maximum absolute atomic E-state index is 13.7. The number of benzene rings is 1. The zero-order chi connectivity index (χ0) is 17.2. The van der Waals surface area contributed by atoms with Crippen molar-refractivity contribution in [1.82, 2.24) is 4.90 Å². The Hall–Kier alpha value is -1.67. The van der Waals surface area contributed by atoms with Crippen molar-refractivity contribution in [3.63, 3.8) is 0 Å². The number of nitrogens with zero attached hydrogens (tertiary/aromatic N) is 1. The Labute approximate surface area is 135 Å². The second-order valence-corrected chi connectivity index (χ2v) is 7.83. The molecular formula is C15H22FN3O3S. The van der Waals surface area contributed by atoms with Crippen molar-refractivity contribution in [3.05, 3.63) is 29.6 Å². The second kappa shape index (κ2) is 6.84. The average molecular weight is 343 g/mol. The van der Waals surface area contributed by atoms with Crippen LogP contribution in [0.1, 0.15) is 30.1 Å². The van der Waals surface area contributed by atoms with Crippen LogP contribution < -0.4 is 10.5 Å². The van der Waals surface area contributed by atoms with Crippen LogP contribution in [0.4, 0.5) is 10.1 Å². The molecule has 1 saturated heterocycles. The molecule has 0 bridgehead atoms. The zero-order valence-corrected chi connectivity index (χ0v) is 14.1. The molecule has 0 aliphatic carbocycles. The normalized spacial score (nSPS) is 22.0. The van der Waals surface area contributed by atoms with E-state index in [1.54, 1.807) is 4.90 Å². The molecular weight excluding hydrogens is 321 g/mol. The number of carbonyl (C=O) groups excluding carboxylic acids is 1. The topological polar surface area (TPSA) is 92.5 Å². The van der Waals surface area contributed by atoms with Gasteiger partial charge in [-0.2, -0.15) is 0 Å². The van der Waals surface area contributed by atoms with Crippen LogP contribution in [-0.2, 0) is 10.0 Å². The summed E-state index contributed by atoms with van der Waals surface area (Å²) in [6, 6.07) is 3.62. The first kappa shape index (κ1) is 17.7. The standard InChI is InChI=1S/C15H22FN3O3S/c1-10-5-6-19(12(7-10)9-17)15(20)11-3-4-13(16)14(8-11)18-23(2,21)22/h3-4,8,10,12,18H,5-7,9,17H2,1-2H3. The molecule has 0 radical (unpaired) electrons. The van der Waals surface area contributed by atoms with Gasteiger partial charge in [0.2, 0.25) is 10.0 Å². The molecule has 0 saturated carbocycles. The number of piperidine rings is 1. The van der Waals surface area contributed by atoms with Gasteiger partial charge in [0.05, 0.1) is 11.9 Å². The Kier molecular flexibility index (Phi) is 5.26. The van der Waals surface area contributed by atoms with Gasteiger partial charge in [-0.1, -0.05) is 6.92 Å². The van der Waals surface area contributed by atoms with Crippen LogP contribution >= 0.6 is 0 Å². The summed E-state index contributed by atoms with van der Waals surface area (Å²) < 4.78 is 38.4. The summed E-state index contributed by atoms with van der Waals surface area (Å²) in [6.07, 6.45) is 2.65. The molecule has 1 aliphatic rings. The number of hydrogen-bond donors (Lipinski definition) is 2. The van der Waals surface area contributed by atoms with E-state index in [1.165, 1.54) is 12.1 Å². The van der Waals surface area contributed by atoms with Crippen LogP contribution in [0.5, 0.6) is 0 Å². The first-order chi connectivity index (χ1) is 10.7. The van der Waals surface area contributed by atoms with Crippen molar-refractivity contribution in [1.29, 1.82) is 0 Å². The Morgan fingerprint density at radius 2 is 2.17 bits per heavy atom. The molecule has 2 rings (SSSR count). The van der Waals surface area contributed by atoms with E-state index in [9.17, 15) is 17.6 Å². The van der Waals surface area contributed by atoms with E-state index >= 15 is 0 Å². The van der Waals surface area contributed by atoms with E-state index in [0.717, 1.165) is 25.2 Å². The molecule has 0 spiro atoms. The minimum absolute atomic E-state index is 0.0531.